The minimum Gasteiger partial charge on any atom is -0.496 e. The van der Waals surface area contributed by atoms with Crippen molar-refractivity contribution in [3.8, 4) is 5.75 Å². The van der Waals surface area contributed by atoms with Gasteiger partial charge < -0.3 is 10.1 Å². The van der Waals surface area contributed by atoms with Crippen LogP contribution in [0.25, 0.3) is 0 Å². The van der Waals surface area contributed by atoms with Crippen molar-refractivity contribution in [1.82, 2.24) is 10.9 Å². The molecule has 0 aliphatic carbocycles. The second-order valence-electron chi connectivity index (χ2n) is 5.26. The highest BCUT2D eigenvalue weighted by atomic mass is 79.9. The van der Waals surface area contributed by atoms with Gasteiger partial charge in [-0.15, -0.1) is 0 Å². The van der Waals surface area contributed by atoms with E-state index in [1.54, 1.807) is 42.5 Å². The Balaban J connectivity index is 1.79. The molecule has 7 nitrogen and oxygen atoms in total. The van der Waals surface area contributed by atoms with Crippen molar-refractivity contribution < 1.29 is 19.1 Å². The molecule has 0 radical (unpaired) electrons. The van der Waals surface area contributed by atoms with Gasteiger partial charge in [0, 0.05) is 23.0 Å². The first-order valence-corrected chi connectivity index (χ1v) is 8.56. The zero-order valence-corrected chi connectivity index (χ0v) is 15.6. The molecule has 0 atom stereocenters. The number of carbonyl (C=O) groups is 3. The summed E-state index contributed by atoms with van der Waals surface area (Å²) in [5, 5.41) is 2.68. The Morgan fingerprint density at radius 2 is 1.65 bits per heavy atom. The molecule has 0 aliphatic heterocycles. The van der Waals surface area contributed by atoms with Crippen LogP contribution in [0.5, 0.6) is 5.75 Å². The number of benzene rings is 2. The molecule has 2 rings (SSSR count). The van der Waals surface area contributed by atoms with Gasteiger partial charge >= 0.3 is 0 Å². The van der Waals surface area contributed by atoms with Gasteiger partial charge in [0.05, 0.1) is 12.7 Å². The number of carbonyl (C=O) groups excluding carboxylic acids is 3. The van der Waals surface area contributed by atoms with Gasteiger partial charge in [0.1, 0.15) is 5.75 Å². The maximum absolute atomic E-state index is 12.2. The van der Waals surface area contributed by atoms with E-state index in [1.165, 1.54) is 7.11 Å². The number of para-hydroxylation sites is 1. The monoisotopic (exact) mass is 419 g/mol. The number of hydrogen-bond donors (Lipinski definition) is 3. The van der Waals surface area contributed by atoms with E-state index in [1.807, 2.05) is 6.07 Å². The van der Waals surface area contributed by atoms with E-state index in [9.17, 15) is 14.4 Å². The summed E-state index contributed by atoms with van der Waals surface area (Å²) in [7, 11) is 1.45. The van der Waals surface area contributed by atoms with E-state index >= 15 is 0 Å². The number of anilines is 1. The number of nitrogens with one attached hydrogen (secondary N) is 3. The van der Waals surface area contributed by atoms with Crippen LogP contribution in [0.2, 0.25) is 0 Å². The normalized spacial score (nSPS) is 9.92. The maximum atomic E-state index is 12.2. The number of rotatable bonds is 6. The first kappa shape index (κ1) is 19.5. The predicted molar refractivity (Wildman–Crippen MR) is 101 cm³/mol. The highest BCUT2D eigenvalue weighted by Gasteiger charge is 2.14. The van der Waals surface area contributed by atoms with Crippen molar-refractivity contribution in [2.24, 2.45) is 0 Å². The number of ether oxygens (including phenoxy) is 1. The topological polar surface area (TPSA) is 96.5 Å². The number of amides is 3. The standard InChI is InChI=1S/C18H18BrN3O4/c1-26-15-8-7-12(19)11-14(15)18(25)22-21-17(24)10-9-16(23)20-13-5-3-2-4-6-13/h2-8,11H,9-10H2,1H3,(H,20,23)(H,21,24)(H,22,25). The van der Waals surface area contributed by atoms with Crippen molar-refractivity contribution >= 4 is 39.3 Å². The van der Waals surface area contributed by atoms with E-state index < -0.39 is 11.8 Å². The summed E-state index contributed by atoms with van der Waals surface area (Å²) in [5.74, 6) is -0.908. The summed E-state index contributed by atoms with van der Waals surface area (Å²) in [4.78, 5) is 35.8. The van der Waals surface area contributed by atoms with Crippen LogP contribution in [-0.2, 0) is 9.59 Å². The lowest BCUT2D eigenvalue weighted by Crippen LogP contribution is -2.41. The Morgan fingerprint density at radius 1 is 0.962 bits per heavy atom. The molecule has 0 saturated carbocycles. The van der Waals surface area contributed by atoms with Crippen LogP contribution in [0.3, 0.4) is 0 Å². The van der Waals surface area contributed by atoms with Crippen molar-refractivity contribution in [2.45, 2.75) is 12.8 Å². The molecule has 0 aromatic heterocycles. The van der Waals surface area contributed by atoms with Gasteiger partial charge in [0.25, 0.3) is 5.91 Å². The fourth-order valence-corrected chi connectivity index (χ4v) is 2.45. The molecule has 2 aromatic carbocycles. The van der Waals surface area contributed by atoms with E-state index in [2.05, 4.69) is 32.1 Å². The number of methoxy groups -OCH3 is 1. The summed E-state index contributed by atoms with van der Waals surface area (Å²) in [5.41, 5.74) is 5.51. The molecule has 0 fully saturated rings. The third-order valence-corrected chi connectivity index (χ3v) is 3.85. The third-order valence-electron chi connectivity index (χ3n) is 3.36. The van der Waals surface area contributed by atoms with Gasteiger partial charge in [-0.2, -0.15) is 0 Å². The highest BCUT2D eigenvalue weighted by Crippen LogP contribution is 2.22. The molecular formula is C18H18BrN3O4. The molecule has 2 aromatic rings. The van der Waals surface area contributed by atoms with E-state index in [0.717, 1.165) is 0 Å². The molecule has 0 aliphatic rings. The molecule has 0 saturated heterocycles. The van der Waals surface area contributed by atoms with Crippen LogP contribution >= 0.6 is 15.9 Å². The summed E-state index contributed by atoms with van der Waals surface area (Å²) >= 11 is 3.27. The molecule has 0 heterocycles. The van der Waals surface area contributed by atoms with E-state index in [0.29, 0.717) is 15.9 Å². The molecular weight excluding hydrogens is 402 g/mol. The van der Waals surface area contributed by atoms with Crippen molar-refractivity contribution in [1.29, 1.82) is 0 Å². The van der Waals surface area contributed by atoms with Crippen molar-refractivity contribution in [3.63, 3.8) is 0 Å². The second kappa shape index (κ2) is 9.57. The minimum absolute atomic E-state index is 0.00317. The van der Waals surface area contributed by atoms with Crippen LogP contribution in [-0.4, -0.2) is 24.8 Å². The Labute approximate surface area is 159 Å². The summed E-state index contributed by atoms with van der Waals surface area (Å²) in [6.45, 7) is 0. The van der Waals surface area contributed by atoms with Crippen molar-refractivity contribution in [3.05, 3.63) is 58.6 Å². The summed E-state index contributed by atoms with van der Waals surface area (Å²) in [6.07, 6.45) is -0.0641. The van der Waals surface area contributed by atoms with E-state index in [-0.39, 0.29) is 24.3 Å². The van der Waals surface area contributed by atoms with Gasteiger partial charge in [-0.25, -0.2) is 0 Å². The Kier molecular flexibility index (Phi) is 7.16. The molecule has 0 bridgehead atoms. The first-order chi connectivity index (χ1) is 12.5. The number of hydrazine groups is 1. The van der Waals surface area contributed by atoms with E-state index in [4.69, 9.17) is 4.74 Å². The lowest BCUT2D eigenvalue weighted by molar-refractivity contribution is -0.124. The molecule has 0 unspecified atom stereocenters. The maximum Gasteiger partial charge on any atom is 0.273 e. The summed E-state index contributed by atoms with van der Waals surface area (Å²) in [6, 6.07) is 13.9. The fourth-order valence-electron chi connectivity index (χ4n) is 2.09. The lowest BCUT2D eigenvalue weighted by atomic mass is 10.2. The molecule has 3 N–H and O–H groups in total. The Bertz CT molecular complexity index is 796. The lowest BCUT2D eigenvalue weighted by Gasteiger charge is -2.11. The number of halogens is 1. The first-order valence-electron chi connectivity index (χ1n) is 7.77. The molecule has 26 heavy (non-hydrogen) atoms. The van der Waals surface area contributed by atoms with Crippen molar-refractivity contribution in [2.75, 3.05) is 12.4 Å². The molecule has 8 heteroatoms. The molecule has 136 valence electrons. The highest BCUT2D eigenvalue weighted by molar-refractivity contribution is 9.10. The SMILES string of the molecule is COc1ccc(Br)cc1C(=O)NNC(=O)CCC(=O)Nc1ccccc1. The fraction of sp³-hybridized carbons (Fsp3) is 0.167. The Hall–Kier alpha value is -2.87. The average Bonchev–Trinajstić information content (AvgIpc) is 2.65. The average molecular weight is 420 g/mol. The van der Waals surface area contributed by atoms with Crippen LogP contribution < -0.4 is 20.9 Å². The smallest absolute Gasteiger partial charge is 0.273 e. The van der Waals surface area contributed by atoms with Crippen LogP contribution in [0.4, 0.5) is 5.69 Å². The zero-order valence-electron chi connectivity index (χ0n) is 14.0. The van der Waals surface area contributed by atoms with Crippen LogP contribution in [0.15, 0.2) is 53.0 Å². The zero-order chi connectivity index (χ0) is 18.9. The van der Waals surface area contributed by atoms with Crippen LogP contribution in [0, 0.1) is 0 Å². The minimum atomic E-state index is -0.523. The summed E-state index contributed by atoms with van der Waals surface area (Å²) < 4.78 is 5.82. The van der Waals surface area contributed by atoms with Gasteiger partial charge in [-0.05, 0) is 30.3 Å². The molecule has 3 amide bonds. The van der Waals surface area contributed by atoms with Gasteiger partial charge in [-0.3, -0.25) is 25.2 Å². The van der Waals surface area contributed by atoms with Crippen LogP contribution in [0.1, 0.15) is 23.2 Å². The predicted octanol–water partition coefficient (Wildman–Crippen LogP) is 2.64. The molecule has 0 spiro atoms. The largest absolute Gasteiger partial charge is 0.496 e. The second-order valence-corrected chi connectivity index (χ2v) is 6.18. The van der Waals surface area contributed by atoms with Gasteiger partial charge in [0.2, 0.25) is 11.8 Å². The third kappa shape index (κ3) is 5.89. The van der Waals surface area contributed by atoms with Gasteiger partial charge in [0.15, 0.2) is 0 Å². The Morgan fingerprint density at radius 3 is 2.35 bits per heavy atom. The number of hydrogen-bond acceptors (Lipinski definition) is 4. The van der Waals surface area contributed by atoms with Gasteiger partial charge in [-0.1, -0.05) is 34.1 Å². The quantitative estimate of drug-likeness (QED) is 0.626.